The van der Waals surface area contributed by atoms with E-state index in [-0.39, 0.29) is 0 Å². The zero-order valence-electron chi connectivity index (χ0n) is 17.8. The number of hydrogen-bond donors (Lipinski definition) is 1. The minimum atomic E-state index is -3.68. The van der Waals surface area contributed by atoms with Crippen LogP contribution in [-0.2, 0) is 14.8 Å². The zero-order chi connectivity index (χ0) is 22.7. The molecular weight excluding hydrogens is 422 g/mol. The highest BCUT2D eigenvalue weighted by Gasteiger charge is 2.28. The van der Waals surface area contributed by atoms with Gasteiger partial charge in [-0.3, -0.25) is 9.10 Å². The van der Waals surface area contributed by atoms with Crippen LogP contribution in [-0.4, -0.2) is 32.8 Å². The summed E-state index contributed by atoms with van der Waals surface area (Å²) in [6, 6.07) is 25.6. The molecular formula is C25H23N3O3S. The van der Waals surface area contributed by atoms with E-state index in [0.29, 0.717) is 5.69 Å². The topological polar surface area (TPSA) is 78.8 Å². The van der Waals surface area contributed by atoms with Crippen LogP contribution in [0.5, 0.6) is 0 Å². The summed E-state index contributed by atoms with van der Waals surface area (Å²) in [5, 5.41) is 8.34. The van der Waals surface area contributed by atoms with Gasteiger partial charge in [-0.2, -0.15) is 5.10 Å². The van der Waals surface area contributed by atoms with Gasteiger partial charge in [0.25, 0.3) is 5.91 Å². The quantitative estimate of drug-likeness (QED) is 0.273. The Bertz CT molecular complexity index is 1360. The Hall–Kier alpha value is -3.71. The van der Waals surface area contributed by atoms with Gasteiger partial charge in [0.1, 0.15) is 6.04 Å². The van der Waals surface area contributed by atoms with Gasteiger partial charge >= 0.3 is 0 Å². The average Bonchev–Trinajstić information content (AvgIpc) is 2.78. The number of sulfonamides is 1. The molecule has 0 heterocycles. The van der Waals surface area contributed by atoms with Crippen LogP contribution in [0.4, 0.5) is 5.69 Å². The van der Waals surface area contributed by atoms with E-state index in [4.69, 9.17) is 0 Å². The van der Waals surface area contributed by atoms with Crippen LogP contribution in [0.3, 0.4) is 0 Å². The van der Waals surface area contributed by atoms with Crippen molar-refractivity contribution in [3.05, 3.63) is 90.5 Å². The second-order valence-electron chi connectivity index (χ2n) is 7.54. The van der Waals surface area contributed by atoms with E-state index in [0.717, 1.165) is 37.7 Å². The second-order valence-corrected chi connectivity index (χ2v) is 9.40. The molecule has 1 N–H and O–H groups in total. The summed E-state index contributed by atoms with van der Waals surface area (Å²) < 4.78 is 25.8. The molecule has 0 saturated carbocycles. The molecule has 0 bridgehead atoms. The molecule has 1 atom stereocenters. The first-order valence-electron chi connectivity index (χ1n) is 10.1. The number of nitrogens with zero attached hydrogens (tertiary/aromatic N) is 2. The molecule has 1 amide bonds. The molecule has 32 heavy (non-hydrogen) atoms. The highest BCUT2D eigenvalue weighted by Crippen LogP contribution is 2.27. The maximum absolute atomic E-state index is 12.8. The molecule has 0 saturated heterocycles. The van der Waals surface area contributed by atoms with Gasteiger partial charge in [-0.1, -0.05) is 66.7 Å². The van der Waals surface area contributed by atoms with Crippen LogP contribution in [0.25, 0.3) is 21.5 Å². The van der Waals surface area contributed by atoms with Gasteiger partial charge in [-0.25, -0.2) is 13.8 Å². The van der Waals surface area contributed by atoms with Crippen molar-refractivity contribution in [1.82, 2.24) is 5.43 Å². The number of benzene rings is 4. The molecule has 4 rings (SSSR count). The molecule has 0 unspecified atom stereocenters. The van der Waals surface area contributed by atoms with E-state index in [9.17, 15) is 13.2 Å². The number of carbonyl (C=O) groups excluding carboxylic acids is 1. The van der Waals surface area contributed by atoms with Crippen molar-refractivity contribution < 1.29 is 13.2 Å². The molecule has 4 aromatic rings. The fraction of sp³-hybridized carbons (Fsp3) is 0.120. The maximum atomic E-state index is 12.8. The molecule has 0 aliphatic heterocycles. The van der Waals surface area contributed by atoms with Crippen LogP contribution in [0.15, 0.2) is 90.0 Å². The van der Waals surface area contributed by atoms with Crippen molar-refractivity contribution in [1.29, 1.82) is 0 Å². The molecule has 4 aromatic carbocycles. The SMILES string of the molecule is C[C@@H](C(=O)N/N=C\c1c2ccccc2cc2ccccc12)N(c1ccccc1)S(C)(=O)=O. The first-order valence-corrected chi connectivity index (χ1v) is 12.0. The van der Waals surface area contributed by atoms with Gasteiger partial charge in [-0.15, -0.1) is 0 Å². The number of amides is 1. The van der Waals surface area contributed by atoms with Gasteiger partial charge in [0.2, 0.25) is 10.0 Å². The lowest BCUT2D eigenvalue weighted by Crippen LogP contribution is -2.46. The molecule has 0 aliphatic rings. The lowest BCUT2D eigenvalue weighted by Gasteiger charge is -2.27. The Morgan fingerprint density at radius 1 is 0.906 bits per heavy atom. The highest BCUT2D eigenvalue weighted by molar-refractivity contribution is 7.92. The first-order chi connectivity index (χ1) is 15.4. The molecule has 162 valence electrons. The Kier molecular flexibility index (Phi) is 5.92. The van der Waals surface area contributed by atoms with Crippen LogP contribution in [0, 0.1) is 0 Å². The predicted octanol–water partition coefficient (Wildman–Crippen LogP) is 4.30. The molecule has 0 aromatic heterocycles. The lowest BCUT2D eigenvalue weighted by atomic mass is 9.97. The van der Waals surface area contributed by atoms with Crippen LogP contribution in [0.1, 0.15) is 12.5 Å². The highest BCUT2D eigenvalue weighted by atomic mass is 32.2. The van der Waals surface area contributed by atoms with Crippen molar-refractivity contribution in [3.8, 4) is 0 Å². The van der Waals surface area contributed by atoms with Crippen molar-refractivity contribution in [3.63, 3.8) is 0 Å². The lowest BCUT2D eigenvalue weighted by molar-refractivity contribution is -0.121. The summed E-state index contributed by atoms with van der Waals surface area (Å²) in [5.41, 5.74) is 3.81. The third-order valence-corrected chi connectivity index (χ3v) is 6.52. The third-order valence-electron chi connectivity index (χ3n) is 5.28. The van der Waals surface area contributed by atoms with Crippen LogP contribution < -0.4 is 9.73 Å². The Balaban J connectivity index is 1.64. The van der Waals surface area contributed by atoms with Gasteiger partial charge in [-0.05, 0) is 46.7 Å². The Morgan fingerprint density at radius 2 is 1.44 bits per heavy atom. The standard InChI is InChI=1S/C25H23N3O3S/c1-18(28(32(2,30)31)21-12-4-3-5-13-21)25(29)27-26-17-24-22-14-8-6-10-19(22)16-20-11-7-9-15-23(20)24/h3-18H,1-2H3,(H,27,29)/b26-17-/t18-/m0/s1. The first kappa shape index (κ1) is 21.5. The minimum absolute atomic E-state index is 0.418. The Labute approximate surface area is 187 Å². The third kappa shape index (κ3) is 4.33. The number of carbonyl (C=O) groups is 1. The molecule has 7 heteroatoms. The van der Waals surface area contributed by atoms with Crippen LogP contribution >= 0.6 is 0 Å². The minimum Gasteiger partial charge on any atom is -0.271 e. The predicted molar refractivity (Wildman–Crippen MR) is 130 cm³/mol. The van der Waals surface area contributed by atoms with E-state index in [1.54, 1.807) is 36.5 Å². The fourth-order valence-electron chi connectivity index (χ4n) is 3.83. The molecule has 6 nitrogen and oxygen atoms in total. The summed E-state index contributed by atoms with van der Waals surface area (Å²) >= 11 is 0. The second kappa shape index (κ2) is 8.80. The summed E-state index contributed by atoms with van der Waals surface area (Å²) in [6.45, 7) is 1.53. The summed E-state index contributed by atoms with van der Waals surface area (Å²) in [4.78, 5) is 12.8. The van der Waals surface area contributed by atoms with Crippen molar-refractivity contribution in [2.45, 2.75) is 13.0 Å². The van der Waals surface area contributed by atoms with Crippen molar-refractivity contribution in [2.24, 2.45) is 5.10 Å². The number of hydrazone groups is 1. The molecule has 0 spiro atoms. The summed E-state index contributed by atoms with van der Waals surface area (Å²) in [6.07, 6.45) is 2.69. The summed E-state index contributed by atoms with van der Waals surface area (Å²) in [7, 11) is -3.68. The van der Waals surface area contributed by atoms with E-state index >= 15 is 0 Å². The smallest absolute Gasteiger partial charge is 0.263 e. The monoisotopic (exact) mass is 445 g/mol. The average molecular weight is 446 g/mol. The largest absolute Gasteiger partial charge is 0.271 e. The van der Waals surface area contributed by atoms with Gasteiger partial charge in [0.05, 0.1) is 18.2 Å². The number of nitrogens with one attached hydrogen (secondary N) is 1. The number of hydrogen-bond acceptors (Lipinski definition) is 4. The maximum Gasteiger partial charge on any atom is 0.263 e. The molecule has 0 radical (unpaired) electrons. The van der Waals surface area contributed by atoms with Gasteiger partial charge in [0.15, 0.2) is 0 Å². The fourth-order valence-corrected chi connectivity index (χ4v) is 5.00. The zero-order valence-corrected chi connectivity index (χ0v) is 18.6. The number of para-hydroxylation sites is 1. The number of anilines is 1. The molecule has 0 fully saturated rings. The van der Waals surface area contributed by atoms with Crippen molar-refractivity contribution in [2.75, 3.05) is 10.6 Å². The molecule has 0 aliphatic carbocycles. The Morgan fingerprint density at radius 3 is 2.00 bits per heavy atom. The van der Waals surface area contributed by atoms with Gasteiger partial charge in [0, 0.05) is 5.56 Å². The van der Waals surface area contributed by atoms with E-state index in [1.165, 1.54) is 6.92 Å². The number of fused-ring (bicyclic) bond motifs is 2. The van der Waals surface area contributed by atoms with E-state index in [2.05, 4.69) is 16.6 Å². The van der Waals surface area contributed by atoms with Crippen molar-refractivity contribution >= 4 is 49.4 Å². The van der Waals surface area contributed by atoms with E-state index < -0.39 is 22.0 Å². The van der Waals surface area contributed by atoms with Crippen LogP contribution in [0.2, 0.25) is 0 Å². The number of rotatable bonds is 6. The summed E-state index contributed by atoms with van der Waals surface area (Å²) in [5.74, 6) is -0.528. The normalized spacial score (nSPS) is 12.8. The van der Waals surface area contributed by atoms with E-state index in [1.807, 2.05) is 48.5 Å². The van der Waals surface area contributed by atoms with Gasteiger partial charge < -0.3 is 0 Å².